The molecular formula is C53H100O9. The highest BCUT2D eigenvalue weighted by atomic mass is 16.7. The monoisotopic (exact) mass is 881 g/mol. The van der Waals surface area contributed by atoms with Gasteiger partial charge in [-0.15, -0.1) is 0 Å². The number of aliphatic hydroxyl groups excluding tert-OH is 4. The standard InChI is InChI=1S/C53H100O9/c1-3-5-7-9-11-13-15-17-18-19-20-21-22-23-24-25-26-27-28-29-31-33-35-37-39-41-43-59-45-47(46-60-53-52(58)51(57)50(56)48(44-54)62-53)61-49(55)42-40-38-36-34-32-30-16-14-12-10-8-6-4-2/h8,10,14,16,47-48,50-54,56-58H,3-7,9,11-13,15,17-46H2,1-2H3/b10-8-,16-14-. The molecule has 1 rings (SSSR count). The summed E-state index contributed by atoms with van der Waals surface area (Å²) < 4.78 is 22.9. The Balaban J connectivity index is 2.12. The van der Waals surface area contributed by atoms with E-state index in [0.717, 1.165) is 64.2 Å². The molecule has 9 nitrogen and oxygen atoms in total. The second-order valence-corrected chi connectivity index (χ2v) is 18.3. The molecule has 0 aromatic heterocycles. The van der Waals surface area contributed by atoms with Crippen molar-refractivity contribution in [3.05, 3.63) is 24.3 Å². The number of hydrogen-bond acceptors (Lipinski definition) is 9. The summed E-state index contributed by atoms with van der Waals surface area (Å²) in [5.41, 5.74) is 0. The molecular weight excluding hydrogens is 781 g/mol. The summed E-state index contributed by atoms with van der Waals surface area (Å²) in [4.78, 5) is 12.8. The molecule has 0 spiro atoms. The smallest absolute Gasteiger partial charge is 0.306 e. The second-order valence-electron chi connectivity index (χ2n) is 18.3. The molecule has 9 heteroatoms. The molecule has 1 saturated heterocycles. The van der Waals surface area contributed by atoms with Crippen molar-refractivity contribution in [1.29, 1.82) is 0 Å². The molecule has 6 unspecified atom stereocenters. The minimum absolute atomic E-state index is 0.115. The Morgan fingerprint density at radius 1 is 0.516 bits per heavy atom. The molecule has 0 bridgehead atoms. The molecule has 366 valence electrons. The van der Waals surface area contributed by atoms with Gasteiger partial charge in [0.15, 0.2) is 6.29 Å². The Morgan fingerprint density at radius 3 is 1.45 bits per heavy atom. The third-order valence-electron chi connectivity index (χ3n) is 12.4. The number of carbonyl (C=O) groups excluding carboxylic acids is 1. The predicted octanol–water partition coefficient (Wildman–Crippen LogP) is 12.9. The molecule has 0 saturated carbocycles. The van der Waals surface area contributed by atoms with E-state index in [4.69, 9.17) is 18.9 Å². The third-order valence-corrected chi connectivity index (χ3v) is 12.4. The van der Waals surface area contributed by atoms with Crippen molar-refractivity contribution in [2.75, 3.05) is 26.4 Å². The van der Waals surface area contributed by atoms with Crippen LogP contribution >= 0.6 is 0 Å². The summed E-state index contributed by atoms with van der Waals surface area (Å²) >= 11 is 0. The summed E-state index contributed by atoms with van der Waals surface area (Å²) in [6.07, 6.45) is 46.6. The maximum absolute atomic E-state index is 12.8. The zero-order chi connectivity index (χ0) is 45.0. The van der Waals surface area contributed by atoms with Gasteiger partial charge in [0.2, 0.25) is 0 Å². The van der Waals surface area contributed by atoms with Crippen LogP contribution in [-0.4, -0.2) is 89.6 Å². The molecule has 1 aliphatic heterocycles. The van der Waals surface area contributed by atoms with Crippen LogP contribution in [0, 0.1) is 0 Å². The Bertz CT molecular complexity index is 1000. The van der Waals surface area contributed by atoms with E-state index in [0.29, 0.717) is 13.0 Å². The first kappa shape index (κ1) is 58.7. The number of hydrogen-bond donors (Lipinski definition) is 4. The lowest BCUT2D eigenvalue weighted by Crippen LogP contribution is -2.59. The molecule has 0 aliphatic carbocycles. The van der Waals surface area contributed by atoms with Crippen LogP contribution in [0.25, 0.3) is 0 Å². The van der Waals surface area contributed by atoms with Crippen LogP contribution in [0.4, 0.5) is 0 Å². The lowest BCUT2D eigenvalue weighted by atomic mass is 9.99. The van der Waals surface area contributed by atoms with E-state index in [1.165, 1.54) is 161 Å². The first-order valence-electron chi connectivity index (χ1n) is 26.4. The highest BCUT2D eigenvalue weighted by Crippen LogP contribution is 2.23. The minimum Gasteiger partial charge on any atom is -0.457 e. The average molecular weight is 881 g/mol. The molecule has 1 aliphatic rings. The Kier molecular flexibility index (Phi) is 42.5. The number of carbonyl (C=O) groups is 1. The fourth-order valence-electron chi connectivity index (χ4n) is 8.24. The number of rotatable bonds is 46. The van der Waals surface area contributed by atoms with E-state index >= 15 is 0 Å². The van der Waals surface area contributed by atoms with E-state index in [2.05, 4.69) is 38.2 Å². The zero-order valence-electron chi connectivity index (χ0n) is 40.4. The Hall–Kier alpha value is -1.33. The number of unbranched alkanes of at least 4 members (excludes halogenated alkanes) is 31. The minimum atomic E-state index is -1.54. The van der Waals surface area contributed by atoms with E-state index in [9.17, 15) is 25.2 Å². The van der Waals surface area contributed by atoms with E-state index in [-0.39, 0.29) is 19.2 Å². The van der Waals surface area contributed by atoms with Crippen molar-refractivity contribution in [2.45, 2.75) is 282 Å². The van der Waals surface area contributed by atoms with Crippen LogP contribution in [0.5, 0.6) is 0 Å². The van der Waals surface area contributed by atoms with Gasteiger partial charge in [-0.25, -0.2) is 0 Å². The molecule has 1 heterocycles. The summed E-state index contributed by atoms with van der Waals surface area (Å²) in [7, 11) is 0. The lowest BCUT2D eigenvalue weighted by molar-refractivity contribution is -0.305. The quantitative estimate of drug-likeness (QED) is 0.0268. The zero-order valence-corrected chi connectivity index (χ0v) is 40.4. The van der Waals surface area contributed by atoms with E-state index in [1.54, 1.807) is 0 Å². The van der Waals surface area contributed by atoms with Crippen molar-refractivity contribution in [3.8, 4) is 0 Å². The van der Waals surface area contributed by atoms with Crippen molar-refractivity contribution < 1.29 is 44.2 Å². The van der Waals surface area contributed by atoms with Crippen LogP contribution in [0.15, 0.2) is 24.3 Å². The fraction of sp³-hybridized carbons (Fsp3) is 0.906. The second kappa shape index (κ2) is 44.9. The highest BCUT2D eigenvalue weighted by molar-refractivity contribution is 5.69. The third kappa shape index (κ3) is 35.0. The summed E-state index contributed by atoms with van der Waals surface area (Å²) in [5.74, 6) is -0.324. The van der Waals surface area contributed by atoms with E-state index in [1.807, 2.05) is 0 Å². The van der Waals surface area contributed by atoms with Gasteiger partial charge < -0.3 is 39.4 Å². The fourth-order valence-corrected chi connectivity index (χ4v) is 8.24. The molecule has 62 heavy (non-hydrogen) atoms. The summed E-state index contributed by atoms with van der Waals surface area (Å²) in [6, 6.07) is 0. The maximum atomic E-state index is 12.8. The Labute approximate surface area is 381 Å². The SMILES string of the molecule is CCC/C=C\C/C=C\CCCCCCCC(=O)OC(COCCCCCCCCCCCCCCCCCCCCCCCCCCCC)COC1OC(CO)C(O)C(O)C1O. The van der Waals surface area contributed by atoms with Gasteiger partial charge in [0, 0.05) is 13.0 Å². The van der Waals surface area contributed by atoms with Crippen molar-refractivity contribution in [3.63, 3.8) is 0 Å². The van der Waals surface area contributed by atoms with Crippen molar-refractivity contribution in [2.24, 2.45) is 0 Å². The van der Waals surface area contributed by atoms with Crippen LogP contribution in [0.1, 0.15) is 245 Å². The van der Waals surface area contributed by atoms with Crippen LogP contribution < -0.4 is 0 Å². The normalized spacial score (nSPS) is 19.9. The molecule has 0 amide bonds. The first-order chi connectivity index (χ1) is 30.4. The number of aliphatic hydroxyl groups is 4. The Morgan fingerprint density at radius 2 is 0.968 bits per heavy atom. The van der Waals surface area contributed by atoms with Gasteiger partial charge >= 0.3 is 5.97 Å². The highest BCUT2D eigenvalue weighted by Gasteiger charge is 2.44. The van der Waals surface area contributed by atoms with Gasteiger partial charge in [-0.1, -0.05) is 224 Å². The van der Waals surface area contributed by atoms with Gasteiger partial charge in [0.05, 0.1) is 19.8 Å². The predicted molar refractivity (Wildman–Crippen MR) is 256 cm³/mol. The van der Waals surface area contributed by atoms with Crippen LogP contribution in [-0.2, 0) is 23.7 Å². The summed E-state index contributed by atoms with van der Waals surface area (Å²) in [5, 5.41) is 40.2. The average Bonchev–Trinajstić information content (AvgIpc) is 3.27. The maximum Gasteiger partial charge on any atom is 0.306 e. The molecule has 0 radical (unpaired) electrons. The van der Waals surface area contributed by atoms with Gasteiger partial charge in [0.25, 0.3) is 0 Å². The van der Waals surface area contributed by atoms with E-state index < -0.39 is 43.4 Å². The number of allylic oxidation sites excluding steroid dienone is 4. The van der Waals surface area contributed by atoms with Crippen molar-refractivity contribution in [1.82, 2.24) is 0 Å². The summed E-state index contributed by atoms with van der Waals surface area (Å²) in [6.45, 7) is 4.52. The topological polar surface area (TPSA) is 135 Å². The molecule has 4 N–H and O–H groups in total. The van der Waals surface area contributed by atoms with Crippen molar-refractivity contribution >= 4 is 5.97 Å². The molecule has 0 aromatic carbocycles. The largest absolute Gasteiger partial charge is 0.457 e. The molecule has 0 aromatic rings. The lowest BCUT2D eigenvalue weighted by Gasteiger charge is -2.39. The van der Waals surface area contributed by atoms with Crippen LogP contribution in [0.2, 0.25) is 0 Å². The first-order valence-corrected chi connectivity index (χ1v) is 26.4. The van der Waals surface area contributed by atoms with Gasteiger partial charge in [-0.2, -0.15) is 0 Å². The molecule has 1 fully saturated rings. The van der Waals surface area contributed by atoms with Crippen LogP contribution in [0.3, 0.4) is 0 Å². The number of esters is 1. The van der Waals surface area contributed by atoms with Gasteiger partial charge in [-0.05, 0) is 38.5 Å². The molecule has 6 atom stereocenters. The van der Waals surface area contributed by atoms with Gasteiger partial charge in [-0.3, -0.25) is 4.79 Å². The number of ether oxygens (including phenoxy) is 4. The van der Waals surface area contributed by atoms with Gasteiger partial charge in [0.1, 0.15) is 30.5 Å².